The van der Waals surface area contributed by atoms with Gasteiger partial charge in [0.2, 0.25) is 11.8 Å². The van der Waals surface area contributed by atoms with Crippen LogP contribution in [0.2, 0.25) is 0 Å². The Morgan fingerprint density at radius 3 is 1.40 bits per heavy atom. The van der Waals surface area contributed by atoms with Crippen LogP contribution in [0.5, 0.6) is 23.3 Å². The van der Waals surface area contributed by atoms with Crippen LogP contribution in [0.1, 0.15) is 52.7 Å². The number of hydrogen-bond acceptors (Lipinski definition) is 5. The minimum Gasteiger partial charge on any atom is -0.456 e. The predicted octanol–water partition coefficient (Wildman–Crippen LogP) is 8.56. The zero-order valence-electron chi connectivity index (χ0n) is 21.0. The molecule has 5 aromatic rings. The second-order valence-corrected chi connectivity index (χ2v) is 10.9. The summed E-state index contributed by atoms with van der Waals surface area (Å²) in [5.41, 5.74) is 3.95. The maximum absolute atomic E-state index is 6.12. The van der Waals surface area contributed by atoms with Gasteiger partial charge in [0.1, 0.15) is 22.7 Å². The molecule has 3 aromatic heterocycles. The van der Waals surface area contributed by atoms with Crippen molar-refractivity contribution in [3.05, 3.63) is 84.2 Å². The van der Waals surface area contributed by atoms with Gasteiger partial charge in [-0.3, -0.25) is 0 Å². The maximum Gasteiger partial charge on any atom is 0.219 e. The van der Waals surface area contributed by atoms with Crippen LogP contribution in [0.15, 0.2) is 77.5 Å². The fourth-order valence-corrected chi connectivity index (χ4v) is 3.97. The van der Waals surface area contributed by atoms with E-state index in [1.165, 1.54) is 11.1 Å². The summed E-state index contributed by atoms with van der Waals surface area (Å²) in [7, 11) is 0. The Balaban J connectivity index is 1.47. The molecule has 0 radical (unpaired) electrons. The summed E-state index contributed by atoms with van der Waals surface area (Å²) in [5.74, 6) is 2.53. The third kappa shape index (κ3) is 4.85. The van der Waals surface area contributed by atoms with E-state index in [9.17, 15) is 0 Å². The monoisotopic (exact) mass is 466 g/mol. The van der Waals surface area contributed by atoms with Gasteiger partial charge >= 0.3 is 0 Å². The van der Waals surface area contributed by atoms with Crippen molar-refractivity contribution in [3.8, 4) is 23.3 Å². The molecule has 0 atom stereocenters. The van der Waals surface area contributed by atoms with Gasteiger partial charge in [0, 0.05) is 35.3 Å². The lowest BCUT2D eigenvalue weighted by molar-refractivity contribution is 0.459. The Bertz CT molecular complexity index is 1410. The number of furan rings is 1. The average Bonchev–Trinajstić information content (AvgIpc) is 3.16. The normalized spacial score (nSPS) is 12.3. The van der Waals surface area contributed by atoms with Crippen molar-refractivity contribution in [2.24, 2.45) is 0 Å². The minimum absolute atomic E-state index is 0.0173. The van der Waals surface area contributed by atoms with E-state index in [4.69, 9.17) is 13.9 Å². The number of nitrogens with zero attached hydrogens (tertiary/aromatic N) is 2. The van der Waals surface area contributed by atoms with Crippen LogP contribution in [-0.2, 0) is 10.8 Å². The van der Waals surface area contributed by atoms with Crippen molar-refractivity contribution in [1.82, 2.24) is 9.97 Å². The molecule has 0 bridgehead atoms. The van der Waals surface area contributed by atoms with Crippen molar-refractivity contribution in [2.75, 3.05) is 0 Å². The van der Waals surface area contributed by atoms with Crippen molar-refractivity contribution in [2.45, 2.75) is 52.4 Å². The van der Waals surface area contributed by atoms with Crippen molar-refractivity contribution < 1.29 is 13.9 Å². The molecule has 0 spiro atoms. The molecule has 0 aliphatic heterocycles. The first-order chi connectivity index (χ1) is 16.6. The van der Waals surface area contributed by atoms with Gasteiger partial charge < -0.3 is 13.9 Å². The van der Waals surface area contributed by atoms with Crippen LogP contribution in [0, 0.1) is 0 Å². The predicted molar refractivity (Wildman–Crippen MR) is 140 cm³/mol. The van der Waals surface area contributed by atoms with Gasteiger partial charge in [0.05, 0.1) is 0 Å². The molecule has 0 aliphatic carbocycles. The molecule has 0 N–H and O–H groups in total. The van der Waals surface area contributed by atoms with Gasteiger partial charge in [-0.2, -0.15) is 0 Å². The Morgan fingerprint density at radius 1 is 0.571 bits per heavy atom. The summed E-state index contributed by atoms with van der Waals surface area (Å²) >= 11 is 0. The molecular weight excluding hydrogens is 436 g/mol. The highest BCUT2D eigenvalue weighted by atomic mass is 16.5. The SMILES string of the molecule is CC(C)(C)c1ccnc(Oc2ccc3oc4ccc(Oc5cc(C(C)(C)C)ccn5)cc4c3c2)c1. The average molecular weight is 467 g/mol. The van der Waals surface area contributed by atoms with Crippen LogP contribution >= 0.6 is 0 Å². The summed E-state index contributed by atoms with van der Waals surface area (Å²) < 4.78 is 18.3. The first kappa shape index (κ1) is 22.9. The largest absolute Gasteiger partial charge is 0.456 e. The molecule has 0 amide bonds. The molecule has 35 heavy (non-hydrogen) atoms. The van der Waals surface area contributed by atoms with Crippen LogP contribution < -0.4 is 9.47 Å². The summed E-state index contributed by atoms with van der Waals surface area (Å²) in [6.07, 6.45) is 3.57. The van der Waals surface area contributed by atoms with Crippen molar-refractivity contribution in [1.29, 1.82) is 0 Å². The van der Waals surface area contributed by atoms with E-state index < -0.39 is 0 Å². The highest BCUT2D eigenvalue weighted by Gasteiger charge is 2.17. The Morgan fingerprint density at radius 2 is 1.00 bits per heavy atom. The molecule has 0 saturated carbocycles. The molecule has 0 saturated heterocycles. The van der Waals surface area contributed by atoms with Crippen LogP contribution in [0.4, 0.5) is 0 Å². The third-order valence-corrected chi connectivity index (χ3v) is 6.06. The van der Waals surface area contributed by atoms with Crippen molar-refractivity contribution in [3.63, 3.8) is 0 Å². The Labute approximate surface area is 205 Å². The van der Waals surface area contributed by atoms with Gasteiger partial charge in [0.25, 0.3) is 0 Å². The van der Waals surface area contributed by atoms with Crippen molar-refractivity contribution >= 4 is 21.9 Å². The van der Waals surface area contributed by atoms with E-state index in [2.05, 4.69) is 51.5 Å². The summed E-state index contributed by atoms with van der Waals surface area (Å²) in [4.78, 5) is 8.78. The summed E-state index contributed by atoms with van der Waals surface area (Å²) in [6, 6.07) is 19.6. The maximum atomic E-state index is 6.12. The standard InChI is InChI=1S/C30H30N2O3/c1-29(2,3)19-11-13-31-27(15-19)33-21-7-9-25-23(17-21)24-18-22(8-10-26(24)35-25)34-28-16-20(12-14-32-28)30(4,5)6/h7-18H,1-6H3. The second-order valence-electron chi connectivity index (χ2n) is 10.9. The number of pyridine rings is 2. The highest BCUT2D eigenvalue weighted by Crippen LogP contribution is 2.36. The topological polar surface area (TPSA) is 57.4 Å². The zero-order valence-corrected chi connectivity index (χ0v) is 21.0. The van der Waals surface area contributed by atoms with E-state index in [0.29, 0.717) is 23.3 Å². The quantitative estimate of drug-likeness (QED) is 0.265. The van der Waals surface area contributed by atoms with E-state index in [1.807, 2.05) is 60.7 Å². The van der Waals surface area contributed by atoms with E-state index >= 15 is 0 Å². The molecule has 0 aliphatic rings. The number of rotatable bonds is 4. The molecule has 0 fully saturated rings. The first-order valence-corrected chi connectivity index (χ1v) is 11.8. The zero-order chi connectivity index (χ0) is 24.8. The molecule has 0 unspecified atom stereocenters. The fraction of sp³-hybridized carbons (Fsp3) is 0.267. The van der Waals surface area contributed by atoms with E-state index in [0.717, 1.165) is 21.9 Å². The Hall–Kier alpha value is -3.86. The third-order valence-electron chi connectivity index (χ3n) is 6.06. The van der Waals surface area contributed by atoms with Gasteiger partial charge in [-0.1, -0.05) is 41.5 Å². The molecule has 5 rings (SSSR count). The second kappa shape index (κ2) is 8.42. The highest BCUT2D eigenvalue weighted by molar-refractivity contribution is 6.05. The smallest absolute Gasteiger partial charge is 0.219 e. The number of hydrogen-bond donors (Lipinski definition) is 0. The fourth-order valence-electron chi connectivity index (χ4n) is 3.97. The van der Waals surface area contributed by atoms with Gasteiger partial charge in [-0.25, -0.2) is 9.97 Å². The Kier molecular flexibility index (Phi) is 5.51. The van der Waals surface area contributed by atoms with Gasteiger partial charge in [0.15, 0.2) is 0 Å². The molecule has 178 valence electrons. The summed E-state index contributed by atoms with van der Waals surface area (Å²) in [5, 5.41) is 1.90. The van der Waals surface area contributed by atoms with Crippen LogP contribution in [0.25, 0.3) is 21.9 Å². The van der Waals surface area contributed by atoms with E-state index in [-0.39, 0.29) is 10.8 Å². The first-order valence-electron chi connectivity index (χ1n) is 11.8. The van der Waals surface area contributed by atoms with Gasteiger partial charge in [-0.15, -0.1) is 0 Å². The van der Waals surface area contributed by atoms with Gasteiger partial charge in [-0.05, 0) is 70.5 Å². The number of benzene rings is 2. The summed E-state index contributed by atoms with van der Waals surface area (Å²) in [6.45, 7) is 13.0. The number of ether oxygens (including phenoxy) is 2. The molecular formula is C30H30N2O3. The van der Waals surface area contributed by atoms with E-state index in [1.54, 1.807) is 12.4 Å². The minimum atomic E-state index is 0.0173. The molecule has 5 heteroatoms. The lowest BCUT2D eigenvalue weighted by atomic mass is 9.88. The molecule has 2 aromatic carbocycles. The lowest BCUT2D eigenvalue weighted by Crippen LogP contribution is -2.11. The van der Waals surface area contributed by atoms with Crippen LogP contribution in [0.3, 0.4) is 0 Å². The number of fused-ring (bicyclic) bond motifs is 3. The lowest BCUT2D eigenvalue weighted by Gasteiger charge is -2.19. The number of aromatic nitrogens is 2. The molecule has 5 nitrogen and oxygen atoms in total. The molecule has 3 heterocycles. The van der Waals surface area contributed by atoms with Crippen LogP contribution in [-0.4, -0.2) is 9.97 Å².